The van der Waals surface area contributed by atoms with E-state index in [9.17, 15) is 4.79 Å². The Bertz CT molecular complexity index is 1240. The van der Waals surface area contributed by atoms with Gasteiger partial charge in [0.1, 0.15) is 0 Å². The smallest absolute Gasteiger partial charge is 0.250 e. The van der Waals surface area contributed by atoms with Crippen LogP contribution in [0.25, 0.3) is 11.0 Å². The number of nitrogens with one attached hydrogen (secondary N) is 1. The first-order valence-electron chi connectivity index (χ1n) is 9.67. The minimum atomic E-state index is -0.204. The van der Waals surface area contributed by atoms with Crippen LogP contribution in [0.2, 0.25) is 5.02 Å². The Morgan fingerprint density at radius 2 is 1.94 bits per heavy atom. The molecule has 0 atom stereocenters. The van der Waals surface area contributed by atoms with Crippen LogP contribution >= 0.6 is 23.4 Å². The molecule has 1 amide bonds. The largest absolute Gasteiger partial charge is 0.314 e. The van der Waals surface area contributed by atoms with Crippen molar-refractivity contribution in [2.75, 3.05) is 5.75 Å². The lowest BCUT2D eigenvalue weighted by atomic mass is 10.2. The highest BCUT2D eigenvalue weighted by molar-refractivity contribution is 7.99. The number of amides is 1. The van der Waals surface area contributed by atoms with E-state index in [0.29, 0.717) is 17.3 Å². The molecule has 0 saturated carbocycles. The van der Waals surface area contributed by atoms with Gasteiger partial charge in [0.25, 0.3) is 5.91 Å². The molecule has 0 spiro atoms. The van der Waals surface area contributed by atoms with Crippen molar-refractivity contribution in [3.8, 4) is 0 Å². The fourth-order valence-corrected chi connectivity index (χ4v) is 4.07. The summed E-state index contributed by atoms with van der Waals surface area (Å²) in [6.45, 7) is 2.40. The van der Waals surface area contributed by atoms with Gasteiger partial charge in [0.2, 0.25) is 0 Å². The third-order valence-corrected chi connectivity index (χ3v) is 6.01. The Morgan fingerprint density at radius 1 is 1.13 bits per heavy atom. The Kier molecular flexibility index (Phi) is 6.64. The third-order valence-electron chi connectivity index (χ3n) is 4.67. The molecule has 0 fully saturated rings. The number of hydrazone groups is 1. The first-order chi connectivity index (χ1) is 15.1. The first kappa shape index (κ1) is 21.1. The number of nitrogens with zero attached hydrogens (tertiary/aromatic N) is 4. The molecule has 0 aliphatic carbocycles. The lowest BCUT2D eigenvalue weighted by Crippen LogP contribution is -2.21. The summed E-state index contributed by atoms with van der Waals surface area (Å²) in [6.07, 6.45) is 3.40. The van der Waals surface area contributed by atoms with E-state index in [1.807, 2.05) is 67.6 Å². The van der Waals surface area contributed by atoms with Crippen molar-refractivity contribution < 1.29 is 4.79 Å². The lowest BCUT2D eigenvalue weighted by Gasteiger charge is -2.10. The molecular weight excluding hydrogens is 430 g/mol. The molecule has 4 rings (SSSR count). The SMILES string of the molecule is CC(=NNC(=O)CSc1nc2ccccc2n1Cc1ccccc1Cl)c1cccnc1. The quantitative estimate of drug-likeness (QED) is 0.251. The van der Waals surface area contributed by atoms with Crippen LogP contribution in [-0.4, -0.2) is 31.9 Å². The van der Waals surface area contributed by atoms with Gasteiger partial charge in [-0.2, -0.15) is 5.10 Å². The second kappa shape index (κ2) is 9.76. The van der Waals surface area contributed by atoms with E-state index < -0.39 is 0 Å². The summed E-state index contributed by atoms with van der Waals surface area (Å²) in [5, 5.41) is 5.63. The highest BCUT2D eigenvalue weighted by atomic mass is 35.5. The number of rotatable bonds is 7. The van der Waals surface area contributed by atoms with Crippen LogP contribution in [0.3, 0.4) is 0 Å². The van der Waals surface area contributed by atoms with Gasteiger partial charge in [-0.25, -0.2) is 10.4 Å². The molecule has 2 aromatic carbocycles. The van der Waals surface area contributed by atoms with Gasteiger partial charge >= 0.3 is 0 Å². The number of halogens is 1. The number of thioether (sulfide) groups is 1. The number of carbonyl (C=O) groups is 1. The number of hydrogen-bond acceptors (Lipinski definition) is 5. The van der Waals surface area contributed by atoms with E-state index in [0.717, 1.165) is 27.3 Å². The maximum Gasteiger partial charge on any atom is 0.250 e. The molecular formula is C23H20ClN5OS. The Hall–Kier alpha value is -3.16. The molecule has 0 aliphatic rings. The van der Waals surface area contributed by atoms with Crippen LogP contribution in [-0.2, 0) is 11.3 Å². The minimum Gasteiger partial charge on any atom is -0.314 e. The molecule has 0 radical (unpaired) electrons. The third kappa shape index (κ3) is 5.13. The zero-order valence-electron chi connectivity index (χ0n) is 16.8. The Morgan fingerprint density at radius 3 is 2.74 bits per heavy atom. The highest BCUT2D eigenvalue weighted by Gasteiger charge is 2.14. The molecule has 2 heterocycles. The lowest BCUT2D eigenvalue weighted by molar-refractivity contribution is -0.118. The van der Waals surface area contributed by atoms with Gasteiger partial charge in [0.05, 0.1) is 29.0 Å². The van der Waals surface area contributed by atoms with E-state index in [1.165, 1.54) is 11.8 Å². The van der Waals surface area contributed by atoms with Crippen molar-refractivity contribution in [2.45, 2.75) is 18.6 Å². The number of imidazole rings is 1. The number of carbonyl (C=O) groups excluding carboxylic acids is 1. The number of para-hydroxylation sites is 2. The number of hydrogen-bond donors (Lipinski definition) is 1. The molecule has 0 aliphatic heterocycles. The molecule has 0 unspecified atom stereocenters. The Labute approximate surface area is 189 Å². The maximum atomic E-state index is 12.4. The zero-order valence-corrected chi connectivity index (χ0v) is 18.4. The second-order valence-electron chi connectivity index (χ2n) is 6.82. The van der Waals surface area contributed by atoms with Gasteiger partial charge < -0.3 is 4.57 Å². The average molecular weight is 450 g/mol. The van der Waals surface area contributed by atoms with Gasteiger partial charge in [-0.05, 0) is 36.8 Å². The van der Waals surface area contributed by atoms with Crippen LogP contribution in [0, 0.1) is 0 Å². The fourth-order valence-electron chi connectivity index (χ4n) is 3.06. The summed E-state index contributed by atoms with van der Waals surface area (Å²) in [5.41, 5.74) is 7.03. The number of benzene rings is 2. The second-order valence-corrected chi connectivity index (χ2v) is 8.17. The Balaban J connectivity index is 1.49. The topological polar surface area (TPSA) is 72.2 Å². The molecule has 0 bridgehead atoms. The van der Waals surface area contributed by atoms with Crippen LogP contribution < -0.4 is 5.43 Å². The van der Waals surface area contributed by atoms with Gasteiger partial charge in [-0.15, -0.1) is 0 Å². The van der Waals surface area contributed by atoms with Gasteiger partial charge in [-0.3, -0.25) is 9.78 Å². The highest BCUT2D eigenvalue weighted by Crippen LogP contribution is 2.27. The van der Waals surface area contributed by atoms with E-state index in [2.05, 4.69) is 20.1 Å². The summed E-state index contributed by atoms with van der Waals surface area (Å²) >= 11 is 7.74. The normalized spacial score (nSPS) is 11.6. The summed E-state index contributed by atoms with van der Waals surface area (Å²) in [5.74, 6) is -0.0139. The number of fused-ring (bicyclic) bond motifs is 1. The summed E-state index contributed by atoms with van der Waals surface area (Å²) in [7, 11) is 0. The van der Waals surface area contributed by atoms with Crippen molar-refractivity contribution in [1.29, 1.82) is 0 Å². The van der Waals surface area contributed by atoms with Crippen LogP contribution in [0.5, 0.6) is 0 Å². The van der Waals surface area contributed by atoms with Crippen LogP contribution in [0.4, 0.5) is 0 Å². The molecule has 31 heavy (non-hydrogen) atoms. The van der Waals surface area contributed by atoms with E-state index >= 15 is 0 Å². The van der Waals surface area contributed by atoms with E-state index in [-0.39, 0.29) is 11.7 Å². The van der Waals surface area contributed by atoms with E-state index in [1.54, 1.807) is 12.4 Å². The predicted molar refractivity (Wildman–Crippen MR) is 126 cm³/mol. The zero-order chi connectivity index (χ0) is 21.6. The first-order valence-corrected chi connectivity index (χ1v) is 11.0. The van der Waals surface area contributed by atoms with E-state index in [4.69, 9.17) is 16.6 Å². The molecule has 156 valence electrons. The molecule has 4 aromatic rings. The molecule has 6 nitrogen and oxygen atoms in total. The van der Waals surface area contributed by atoms with Gasteiger partial charge in [0, 0.05) is 23.0 Å². The molecule has 0 saturated heterocycles. The summed E-state index contributed by atoms with van der Waals surface area (Å²) in [6, 6.07) is 19.4. The minimum absolute atomic E-state index is 0.190. The van der Waals surface area contributed by atoms with Crippen molar-refractivity contribution in [3.63, 3.8) is 0 Å². The fraction of sp³-hybridized carbons (Fsp3) is 0.130. The number of pyridine rings is 1. The molecule has 1 N–H and O–H groups in total. The van der Waals surface area contributed by atoms with Crippen molar-refractivity contribution in [3.05, 3.63) is 89.2 Å². The molecule has 8 heteroatoms. The predicted octanol–water partition coefficient (Wildman–Crippen LogP) is 4.77. The van der Waals surface area contributed by atoms with Crippen LogP contribution in [0.15, 0.2) is 83.3 Å². The van der Waals surface area contributed by atoms with Gasteiger partial charge in [0.15, 0.2) is 5.16 Å². The summed E-state index contributed by atoms with van der Waals surface area (Å²) in [4.78, 5) is 21.2. The van der Waals surface area contributed by atoms with Crippen LogP contribution in [0.1, 0.15) is 18.1 Å². The number of aromatic nitrogens is 3. The monoisotopic (exact) mass is 449 g/mol. The maximum absolute atomic E-state index is 12.4. The standard InChI is InChI=1S/C23H20ClN5OS/c1-16(17-8-6-12-25-13-17)27-28-22(30)15-31-23-26-20-10-4-5-11-21(20)29(23)14-18-7-2-3-9-19(18)24/h2-13H,14-15H2,1H3,(H,28,30). The molecule has 2 aromatic heterocycles. The van der Waals surface area contributed by atoms with Gasteiger partial charge in [-0.1, -0.05) is 59.8 Å². The van der Waals surface area contributed by atoms with Crippen molar-refractivity contribution in [1.82, 2.24) is 20.0 Å². The average Bonchev–Trinajstić information content (AvgIpc) is 3.15. The summed E-state index contributed by atoms with van der Waals surface area (Å²) < 4.78 is 2.08. The van der Waals surface area contributed by atoms with Crippen molar-refractivity contribution in [2.24, 2.45) is 5.10 Å². The van der Waals surface area contributed by atoms with Crippen molar-refractivity contribution >= 4 is 46.0 Å².